The minimum Gasteiger partial charge on any atom is -0.423 e. The highest BCUT2D eigenvalue weighted by Gasteiger charge is 2.53. The predicted octanol–water partition coefficient (Wildman–Crippen LogP) is 3.54. The molecule has 0 saturated heterocycles. The molecule has 7 heteroatoms. The van der Waals surface area contributed by atoms with Crippen molar-refractivity contribution in [3.8, 4) is 0 Å². The SMILES string of the molecule is Cc1cccc2c1=C1OC(=O)C(C(F)(F)F)C(c3ccc(Cl)cc3)=C1N=2. The zero-order valence-corrected chi connectivity index (χ0v) is 14.2. The fraction of sp³-hybridized carbons (Fsp3) is 0.158. The van der Waals surface area contributed by atoms with Crippen LogP contribution in [0.25, 0.3) is 11.3 Å². The van der Waals surface area contributed by atoms with Crippen LogP contribution in [0.3, 0.4) is 0 Å². The van der Waals surface area contributed by atoms with E-state index in [-0.39, 0.29) is 22.6 Å². The lowest BCUT2D eigenvalue weighted by Crippen LogP contribution is -2.37. The molecule has 0 fully saturated rings. The fourth-order valence-electron chi connectivity index (χ4n) is 3.26. The summed E-state index contributed by atoms with van der Waals surface area (Å²) in [5.74, 6) is -3.68. The van der Waals surface area contributed by atoms with Crippen LogP contribution in [-0.4, -0.2) is 12.1 Å². The number of fused-ring (bicyclic) bond motifs is 2. The van der Waals surface area contributed by atoms with Gasteiger partial charge in [-0.25, -0.2) is 4.99 Å². The number of aryl methyl sites for hydroxylation is 1. The van der Waals surface area contributed by atoms with Gasteiger partial charge in [-0.3, -0.25) is 4.79 Å². The lowest BCUT2D eigenvalue weighted by molar-refractivity contribution is -0.182. The maximum Gasteiger partial charge on any atom is 0.406 e. The summed E-state index contributed by atoms with van der Waals surface area (Å²) < 4.78 is 46.1. The number of carbonyl (C=O) groups excluding carboxylic acids is 1. The van der Waals surface area contributed by atoms with Crippen molar-refractivity contribution in [3.63, 3.8) is 0 Å². The maximum atomic E-state index is 13.7. The van der Waals surface area contributed by atoms with E-state index in [9.17, 15) is 18.0 Å². The Labute approximate surface area is 151 Å². The molecule has 2 aromatic carbocycles. The summed E-state index contributed by atoms with van der Waals surface area (Å²) in [4.78, 5) is 16.6. The second kappa shape index (κ2) is 5.71. The van der Waals surface area contributed by atoms with E-state index in [2.05, 4.69) is 4.99 Å². The van der Waals surface area contributed by atoms with Gasteiger partial charge in [-0.15, -0.1) is 0 Å². The van der Waals surface area contributed by atoms with Crippen molar-refractivity contribution in [2.45, 2.75) is 13.1 Å². The molecule has 4 rings (SSSR count). The van der Waals surface area contributed by atoms with Gasteiger partial charge in [0, 0.05) is 15.8 Å². The van der Waals surface area contributed by atoms with Gasteiger partial charge < -0.3 is 4.74 Å². The molecule has 0 N–H and O–H groups in total. The summed E-state index contributed by atoms with van der Waals surface area (Å²) in [5, 5.41) is 1.41. The summed E-state index contributed by atoms with van der Waals surface area (Å²) >= 11 is 5.85. The first-order valence-electron chi connectivity index (χ1n) is 7.75. The second-order valence-electron chi connectivity index (χ2n) is 6.07. The number of ether oxygens (including phenoxy) is 1. The van der Waals surface area contributed by atoms with Gasteiger partial charge in [-0.2, -0.15) is 13.2 Å². The van der Waals surface area contributed by atoms with Crippen molar-refractivity contribution in [2.24, 2.45) is 10.9 Å². The highest BCUT2D eigenvalue weighted by atomic mass is 35.5. The van der Waals surface area contributed by atoms with Crippen LogP contribution in [0.2, 0.25) is 5.02 Å². The molecule has 1 unspecified atom stereocenters. The maximum absolute atomic E-state index is 13.7. The van der Waals surface area contributed by atoms with E-state index in [0.717, 1.165) is 5.56 Å². The second-order valence-corrected chi connectivity index (χ2v) is 6.51. The van der Waals surface area contributed by atoms with Crippen molar-refractivity contribution >= 4 is 28.9 Å². The first kappa shape index (κ1) is 16.8. The Balaban J connectivity index is 2.10. The molecule has 26 heavy (non-hydrogen) atoms. The highest BCUT2D eigenvalue weighted by Crippen LogP contribution is 2.45. The van der Waals surface area contributed by atoms with Crippen molar-refractivity contribution in [1.82, 2.24) is 0 Å². The van der Waals surface area contributed by atoms with E-state index in [4.69, 9.17) is 16.3 Å². The van der Waals surface area contributed by atoms with E-state index in [1.165, 1.54) is 24.3 Å². The van der Waals surface area contributed by atoms with Gasteiger partial charge in [0.25, 0.3) is 0 Å². The van der Waals surface area contributed by atoms with Crippen LogP contribution in [0.5, 0.6) is 0 Å². The normalized spacial score (nSPS) is 19.0. The molecule has 3 nitrogen and oxygen atoms in total. The lowest BCUT2D eigenvalue weighted by atomic mass is 9.87. The van der Waals surface area contributed by atoms with Gasteiger partial charge >= 0.3 is 12.1 Å². The van der Waals surface area contributed by atoms with Crippen LogP contribution in [-0.2, 0) is 9.53 Å². The molecule has 2 aliphatic rings. The van der Waals surface area contributed by atoms with E-state index in [1.54, 1.807) is 25.1 Å². The zero-order chi connectivity index (χ0) is 18.6. The highest BCUT2D eigenvalue weighted by molar-refractivity contribution is 6.30. The van der Waals surface area contributed by atoms with Crippen LogP contribution < -0.4 is 10.6 Å². The smallest absolute Gasteiger partial charge is 0.406 e. The molecular formula is C19H11ClF3NO2. The van der Waals surface area contributed by atoms with E-state index in [0.29, 0.717) is 15.6 Å². The van der Waals surface area contributed by atoms with Gasteiger partial charge in [0.05, 0.1) is 5.36 Å². The quantitative estimate of drug-likeness (QED) is 0.713. The standard InChI is InChI=1S/C19H11ClF3NO2/c1-9-3-2-4-12-13(9)17-16(24-12)14(10-5-7-11(20)8-6-10)15(18(25)26-17)19(21,22)23/h2-8,15H,1H3. The molecule has 0 aliphatic carbocycles. The first-order valence-corrected chi connectivity index (χ1v) is 8.12. The summed E-state index contributed by atoms with van der Waals surface area (Å²) in [6.07, 6.45) is -4.80. The third-order valence-corrected chi connectivity index (χ3v) is 4.64. The third kappa shape index (κ3) is 2.52. The molecule has 2 aliphatic heterocycles. The number of rotatable bonds is 1. The van der Waals surface area contributed by atoms with E-state index >= 15 is 0 Å². The fourth-order valence-corrected chi connectivity index (χ4v) is 3.38. The minimum atomic E-state index is -4.80. The van der Waals surface area contributed by atoms with Crippen LogP contribution in [0.1, 0.15) is 11.1 Å². The molecule has 2 heterocycles. The summed E-state index contributed by atoms with van der Waals surface area (Å²) in [6, 6.07) is 11.1. The molecule has 132 valence electrons. The van der Waals surface area contributed by atoms with Gasteiger partial charge in [0.1, 0.15) is 5.70 Å². The molecule has 2 aromatic rings. The Hall–Kier alpha value is -2.60. The topological polar surface area (TPSA) is 38.7 Å². The summed E-state index contributed by atoms with van der Waals surface area (Å²) in [7, 11) is 0. The summed E-state index contributed by atoms with van der Waals surface area (Å²) in [6.45, 7) is 1.79. The van der Waals surface area contributed by atoms with Crippen LogP contribution in [0.4, 0.5) is 13.2 Å². The summed E-state index contributed by atoms with van der Waals surface area (Å²) in [5.41, 5.74) is 0.828. The number of esters is 1. The van der Waals surface area contributed by atoms with Crippen molar-refractivity contribution < 1.29 is 22.7 Å². The van der Waals surface area contributed by atoms with Gasteiger partial charge in [-0.1, -0.05) is 35.9 Å². The zero-order valence-electron chi connectivity index (χ0n) is 13.4. The Morgan fingerprint density at radius 2 is 1.81 bits per heavy atom. The molecular weight excluding hydrogens is 367 g/mol. The minimum absolute atomic E-state index is 0.0403. The predicted molar refractivity (Wildman–Crippen MR) is 89.4 cm³/mol. The molecule has 0 aromatic heterocycles. The van der Waals surface area contributed by atoms with Gasteiger partial charge in [-0.05, 0) is 36.2 Å². The Bertz CT molecular complexity index is 1090. The number of alkyl halides is 3. The average molecular weight is 378 g/mol. The van der Waals surface area contributed by atoms with Crippen LogP contribution in [0.15, 0.2) is 53.2 Å². The first-order chi connectivity index (χ1) is 12.3. The van der Waals surface area contributed by atoms with Crippen molar-refractivity contribution in [1.29, 1.82) is 0 Å². The molecule has 0 saturated carbocycles. The number of nitrogens with zero attached hydrogens (tertiary/aromatic N) is 1. The molecule has 0 spiro atoms. The number of hydrogen-bond donors (Lipinski definition) is 0. The van der Waals surface area contributed by atoms with Crippen molar-refractivity contribution in [2.75, 3.05) is 0 Å². The molecule has 0 amide bonds. The van der Waals surface area contributed by atoms with E-state index < -0.39 is 18.1 Å². The van der Waals surface area contributed by atoms with Crippen molar-refractivity contribution in [3.05, 3.63) is 74.9 Å². The lowest BCUT2D eigenvalue weighted by Gasteiger charge is -2.28. The third-order valence-electron chi connectivity index (χ3n) is 4.39. The molecule has 0 radical (unpaired) electrons. The molecule has 1 atom stereocenters. The number of halogens is 4. The van der Waals surface area contributed by atoms with Crippen LogP contribution in [0, 0.1) is 12.8 Å². The monoisotopic (exact) mass is 377 g/mol. The van der Waals surface area contributed by atoms with E-state index in [1.807, 2.05) is 0 Å². The average Bonchev–Trinajstić information content (AvgIpc) is 2.93. The van der Waals surface area contributed by atoms with Gasteiger partial charge in [0.2, 0.25) is 0 Å². The Morgan fingerprint density at radius 1 is 1.12 bits per heavy atom. The Kier molecular flexibility index (Phi) is 3.70. The Morgan fingerprint density at radius 3 is 2.46 bits per heavy atom. The number of hydrogen-bond acceptors (Lipinski definition) is 3. The largest absolute Gasteiger partial charge is 0.423 e. The number of carbonyl (C=O) groups is 1. The molecule has 0 bridgehead atoms. The van der Waals surface area contributed by atoms with Gasteiger partial charge in [0.15, 0.2) is 11.7 Å². The number of benzene rings is 2. The van der Waals surface area contributed by atoms with Crippen LogP contribution >= 0.6 is 11.6 Å².